The predicted octanol–water partition coefficient (Wildman–Crippen LogP) is 2.77. The van der Waals surface area contributed by atoms with Gasteiger partial charge in [-0.3, -0.25) is 0 Å². The molecule has 0 aliphatic heterocycles. The van der Waals surface area contributed by atoms with Crippen LogP contribution in [0.5, 0.6) is 0 Å². The van der Waals surface area contributed by atoms with E-state index in [0.717, 1.165) is 0 Å². The Bertz CT molecular complexity index is 564. The molecule has 0 atom stereocenters. The summed E-state index contributed by atoms with van der Waals surface area (Å²) in [7, 11) is 0. The Morgan fingerprint density at radius 1 is 1.12 bits per heavy atom. The van der Waals surface area contributed by atoms with Crippen molar-refractivity contribution in [3.8, 4) is 11.1 Å². The summed E-state index contributed by atoms with van der Waals surface area (Å²) in [4.78, 5) is 10.8. The molecule has 0 heterocycles. The van der Waals surface area contributed by atoms with Crippen molar-refractivity contribution in [1.29, 1.82) is 0 Å². The Balaban J connectivity index is 2.54. The molecule has 4 heteroatoms. The molecule has 0 saturated heterocycles. The van der Waals surface area contributed by atoms with Gasteiger partial charge in [0.05, 0.1) is 5.56 Å². The summed E-state index contributed by atoms with van der Waals surface area (Å²) in [5, 5.41) is 8.89. The van der Waals surface area contributed by atoms with Gasteiger partial charge in [0.15, 0.2) is 0 Å². The van der Waals surface area contributed by atoms with Crippen LogP contribution in [0.25, 0.3) is 11.1 Å². The van der Waals surface area contributed by atoms with Gasteiger partial charge < -0.3 is 10.8 Å². The fourth-order valence-electron chi connectivity index (χ4n) is 1.57. The topological polar surface area (TPSA) is 63.3 Å². The predicted molar refractivity (Wildman–Crippen MR) is 63.2 cm³/mol. The van der Waals surface area contributed by atoms with Crippen molar-refractivity contribution in [3.63, 3.8) is 0 Å². The van der Waals surface area contributed by atoms with Crippen LogP contribution in [0.15, 0.2) is 42.5 Å². The van der Waals surface area contributed by atoms with Crippen molar-refractivity contribution in [2.75, 3.05) is 5.73 Å². The third-order valence-corrected chi connectivity index (χ3v) is 2.46. The second-order valence-electron chi connectivity index (χ2n) is 3.61. The zero-order chi connectivity index (χ0) is 12.4. The number of hydrogen-bond donors (Lipinski definition) is 2. The Morgan fingerprint density at radius 2 is 1.76 bits per heavy atom. The molecule has 0 spiro atoms. The standard InChI is InChI=1S/C13H10FNO2/c14-10-4-1-8(2-5-10)11-7-9(13(16)17)3-6-12(11)15/h1-7H,15H2,(H,16,17). The normalized spacial score (nSPS) is 10.2. The van der Waals surface area contributed by atoms with E-state index in [9.17, 15) is 9.18 Å². The number of aromatic carboxylic acids is 1. The van der Waals surface area contributed by atoms with Crippen LogP contribution < -0.4 is 5.73 Å². The monoisotopic (exact) mass is 231 g/mol. The molecule has 0 fully saturated rings. The van der Waals surface area contributed by atoms with Gasteiger partial charge in [-0.15, -0.1) is 0 Å². The number of carbonyl (C=O) groups is 1. The first-order chi connectivity index (χ1) is 8.08. The molecule has 86 valence electrons. The van der Waals surface area contributed by atoms with Gasteiger partial charge in [0.1, 0.15) is 5.82 Å². The molecule has 0 aromatic heterocycles. The van der Waals surface area contributed by atoms with Crippen molar-refractivity contribution in [2.24, 2.45) is 0 Å². The zero-order valence-electron chi connectivity index (χ0n) is 8.85. The molecule has 0 unspecified atom stereocenters. The first kappa shape index (κ1) is 11.1. The summed E-state index contributed by atoms with van der Waals surface area (Å²) in [6, 6.07) is 10.2. The Labute approximate surface area is 97.3 Å². The van der Waals surface area contributed by atoms with Gasteiger partial charge in [0.25, 0.3) is 0 Å². The van der Waals surface area contributed by atoms with E-state index in [1.807, 2.05) is 0 Å². The van der Waals surface area contributed by atoms with Gasteiger partial charge in [-0.25, -0.2) is 9.18 Å². The highest BCUT2D eigenvalue weighted by Gasteiger charge is 2.08. The van der Waals surface area contributed by atoms with Crippen LogP contribution >= 0.6 is 0 Å². The Hall–Kier alpha value is -2.36. The maximum Gasteiger partial charge on any atom is 0.335 e. The number of carboxylic acids is 1. The molecule has 2 rings (SSSR count). The summed E-state index contributed by atoms with van der Waals surface area (Å²) in [5.74, 6) is -1.37. The van der Waals surface area contributed by atoms with Crippen LogP contribution in [0.3, 0.4) is 0 Å². The largest absolute Gasteiger partial charge is 0.478 e. The van der Waals surface area contributed by atoms with Crippen LogP contribution in [-0.2, 0) is 0 Å². The number of anilines is 1. The van der Waals surface area contributed by atoms with E-state index in [2.05, 4.69) is 0 Å². The Morgan fingerprint density at radius 3 is 2.35 bits per heavy atom. The van der Waals surface area contributed by atoms with Gasteiger partial charge in [-0.1, -0.05) is 12.1 Å². The smallest absolute Gasteiger partial charge is 0.335 e. The lowest BCUT2D eigenvalue weighted by molar-refractivity contribution is 0.0697. The first-order valence-corrected chi connectivity index (χ1v) is 4.96. The maximum atomic E-state index is 12.8. The minimum atomic E-state index is -1.02. The van der Waals surface area contributed by atoms with Gasteiger partial charge >= 0.3 is 5.97 Å². The lowest BCUT2D eigenvalue weighted by Gasteiger charge is -2.07. The highest BCUT2D eigenvalue weighted by Crippen LogP contribution is 2.27. The SMILES string of the molecule is Nc1ccc(C(=O)O)cc1-c1ccc(F)cc1. The van der Waals surface area contributed by atoms with Crippen LogP contribution in [0.4, 0.5) is 10.1 Å². The van der Waals surface area contributed by atoms with Crippen molar-refractivity contribution >= 4 is 11.7 Å². The third-order valence-electron chi connectivity index (χ3n) is 2.46. The van der Waals surface area contributed by atoms with Gasteiger partial charge in [0, 0.05) is 11.3 Å². The number of rotatable bonds is 2. The van der Waals surface area contributed by atoms with E-state index >= 15 is 0 Å². The van der Waals surface area contributed by atoms with Crippen LogP contribution in [0, 0.1) is 5.82 Å². The average molecular weight is 231 g/mol. The summed E-state index contributed by atoms with van der Waals surface area (Å²) in [6.45, 7) is 0. The van der Waals surface area contributed by atoms with Gasteiger partial charge in [-0.2, -0.15) is 0 Å². The molecule has 17 heavy (non-hydrogen) atoms. The van der Waals surface area contributed by atoms with Gasteiger partial charge in [-0.05, 0) is 35.9 Å². The number of nitrogens with two attached hydrogens (primary N) is 1. The molecule has 2 aromatic rings. The van der Waals surface area contributed by atoms with Crippen LogP contribution in [0.1, 0.15) is 10.4 Å². The van der Waals surface area contributed by atoms with Crippen molar-refractivity contribution < 1.29 is 14.3 Å². The summed E-state index contributed by atoms with van der Waals surface area (Å²) >= 11 is 0. The molecule has 0 bridgehead atoms. The zero-order valence-corrected chi connectivity index (χ0v) is 8.85. The average Bonchev–Trinajstić information content (AvgIpc) is 2.31. The summed E-state index contributed by atoms with van der Waals surface area (Å²) in [5.41, 5.74) is 7.66. The fraction of sp³-hybridized carbons (Fsp3) is 0. The molecule has 0 aliphatic carbocycles. The van der Waals surface area contributed by atoms with E-state index in [1.165, 1.54) is 30.3 Å². The van der Waals surface area contributed by atoms with Crippen molar-refractivity contribution in [3.05, 3.63) is 53.8 Å². The van der Waals surface area contributed by atoms with Crippen molar-refractivity contribution in [2.45, 2.75) is 0 Å². The van der Waals surface area contributed by atoms with E-state index in [1.54, 1.807) is 12.1 Å². The van der Waals surface area contributed by atoms with Crippen LogP contribution in [0.2, 0.25) is 0 Å². The minimum Gasteiger partial charge on any atom is -0.478 e. The number of hydrogen-bond acceptors (Lipinski definition) is 2. The molecule has 0 saturated carbocycles. The molecular weight excluding hydrogens is 221 g/mol. The lowest BCUT2D eigenvalue weighted by atomic mass is 10.0. The van der Waals surface area contributed by atoms with E-state index in [-0.39, 0.29) is 11.4 Å². The molecule has 3 N–H and O–H groups in total. The van der Waals surface area contributed by atoms with E-state index in [0.29, 0.717) is 16.8 Å². The molecule has 2 aromatic carbocycles. The summed E-state index contributed by atoms with van der Waals surface area (Å²) < 4.78 is 12.8. The first-order valence-electron chi connectivity index (χ1n) is 4.96. The molecule has 0 aliphatic rings. The number of benzene rings is 2. The number of nitrogen functional groups attached to an aromatic ring is 1. The number of carboxylic acid groups (broad SMARTS) is 1. The second-order valence-corrected chi connectivity index (χ2v) is 3.61. The lowest BCUT2D eigenvalue weighted by Crippen LogP contribution is -1.98. The van der Waals surface area contributed by atoms with E-state index < -0.39 is 5.97 Å². The second kappa shape index (κ2) is 4.25. The quantitative estimate of drug-likeness (QED) is 0.781. The maximum absolute atomic E-state index is 12.8. The minimum absolute atomic E-state index is 0.151. The molecular formula is C13H10FNO2. The Kier molecular flexibility index (Phi) is 2.78. The highest BCUT2D eigenvalue weighted by molar-refractivity contribution is 5.91. The van der Waals surface area contributed by atoms with E-state index in [4.69, 9.17) is 10.8 Å². The molecule has 0 radical (unpaired) electrons. The third kappa shape index (κ3) is 2.25. The van der Waals surface area contributed by atoms with Gasteiger partial charge in [0.2, 0.25) is 0 Å². The summed E-state index contributed by atoms with van der Waals surface area (Å²) in [6.07, 6.45) is 0. The van der Waals surface area contributed by atoms with Crippen molar-refractivity contribution in [1.82, 2.24) is 0 Å². The molecule has 3 nitrogen and oxygen atoms in total. The molecule has 0 amide bonds. The highest BCUT2D eigenvalue weighted by atomic mass is 19.1. The van der Waals surface area contributed by atoms with Crippen LogP contribution in [-0.4, -0.2) is 11.1 Å². The fourth-order valence-corrected chi connectivity index (χ4v) is 1.57. The number of halogens is 1.